The first-order chi connectivity index (χ1) is 18.0. The van der Waals surface area contributed by atoms with E-state index < -0.39 is 11.6 Å². The molecule has 4 heteroatoms. The van der Waals surface area contributed by atoms with Crippen LogP contribution in [0.3, 0.4) is 0 Å². The van der Waals surface area contributed by atoms with E-state index in [0.29, 0.717) is 11.5 Å². The molecule has 37 heavy (non-hydrogen) atoms. The molecule has 3 saturated carbocycles. The van der Waals surface area contributed by atoms with Crippen molar-refractivity contribution in [3.63, 3.8) is 0 Å². The molecule has 3 aliphatic carbocycles. The standard InChI is InChI=1S/C33H50F2O2/c1-3-5-6-8-24-9-13-25(14-10-24)26-17-19-28(20-18-26)33(36)37-30-22-21-29(31(34)32(30)35)27-15-11-23(7-4-2)12-16-27/h21-28H,3-20H2,1-2H3/t23?,24-,25-,26-,27?,28-. The Hall–Kier alpha value is -1.45. The second-order valence-electron chi connectivity index (χ2n) is 12.6. The third-order valence-electron chi connectivity index (χ3n) is 10.1. The van der Waals surface area contributed by atoms with Gasteiger partial charge in [0.25, 0.3) is 0 Å². The zero-order chi connectivity index (χ0) is 26.2. The fourth-order valence-electron chi connectivity index (χ4n) is 7.76. The van der Waals surface area contributed by atoms with Gasteiger partial charge < -0.3 is 4.74 Å². The van der Waals surface area contributed by atoms with E-state index in [-0.39, 0.29) is 23.6 Å². The highest BCUT2D eigenvalue weighted by Gasteiger charge is 2.34. The fourth-order valence-corrected chi connectivity index (χ4v) is 7.76. The number of benzene rings is 1. The molecule has 0 saturated heterocycles. The summed E-state index contributed by atoms with van der Waals surface area (Å²) < 4.78 is 35.4. The first-order valence-corrected chi connectivity index (χ1v) is 15.7. The Balaban J connectivity index is 1.23. The Morgan fingerprint density at radius 3 is 1.95 bits per heavy atom. The molecule has 3 fully saturated rings. The smallest absolute Gasteiger partial charge is 0.314 e. The van der Waals surface area contributed by atoms with Gasteiger partial charge in [-0.25, -0.2) is 4.39 Å². The van der Waals surface area contributed by atoms with Gasteiger partial charge in [-0.2, -0.15) is 4.39 Å². The number of carbonyl (C=O) groups excluding carboxylic acids is 1. The topological polar surface area (TPSA) is 26.3 Å². The van der Waals surface area contributed by atoms with Crippen LogP contribution in [0.25, 0.3) is 0 Å². The Morgan fingerprint density at radius 1 is 0.730 bits per heavy atom. The van der Waals surface area contributed by atoms with Crippen LogP contribution in [0.15, 0.2) is 12.1 Å². The average molecular weight is 517 g/mol. The molecule has 0 bridgehead atoms. The molecule has 0 spiro atoms. The molecule has 3 aliphatic rings. The SMILES string of the molecule is CCCCC[C@H]1CC[C@H]([C@H]2CC[C@H](C(=O)Oc3ccc(C4CCC(CCC)CC4)c(F)c3F)CC2)CC1. The monoisotopic (exact) mass is 516 g/mol. The number of esters is 1. The lowest BCUT2D eigenvalue weighted by atomic mass is 9.68. The first kappa shape index (κ1) is 28.6. The molecule has 0 unspecified atom stereocenters. The Bertz CT molecular complexity index is 844. The molecule has 2 nitrogen and oxygen atoms in total. The molecule has 0 amide bonds. The summed E-state index contributed by atoms with van der Waals surface area (Å²) >= 11 is 0. The van der Waals surface area contributed by atoms with Crippen LogP contribution < -0.4 is 4.74 Å². The van der Waals surface area contributed by atoms with Gasteiger partial charge in [-0.3, -0.25) is 4.79 Å². The maximum Gasteiger partial charge on any atom is 0.314 e. The maximum atomic E-state index is 15.0. The lowest BCUT2D eigenvalue weighted by Crippen LogP contribution is -2.30. The minimum atomic E-state index is -0.995. The number of halogens is 2. The number of unbranched alkanes of at least 4 members (excludes halogenated alkanes) is 2. The van der Waals surface area contributed by atoms with Gasteiger partial charge in [0.05, 0.1) is 5.92 Å². The maximum absolute atomic E-state index is 15.0. The molecular formula is C33H50F2O2. The summed E-state index contributed by atoms with van der Waals surface area (Å²) in [5.74, 6) is 0.577. The third kappa shape index (κ3) is 7.57. The summed E-state index contributed by atoms with van der Waals surface area (Å²) in [7, 11) is 0. The van der Waals surface area contributed by atoms with Gasteiger partial charge in [0.15, 0.2) is 11.6 Å². The highest BCUT2D eigenvalue weighted by molar-refractivity contribution is 5.75. The van der Waals surface area contributed by atoms with Crippen LogP contribution >= 0.6 is 0 Å². The summed E-state index contributed by atoms with van der Waals surface area (Å²) in [6.07, 6.45) is 21.0. The van der Waals surface area contributed by atoms with Crippen molar-refractivity contribution in [1.82, 2.24) is 0 Å². The number of hydrogen-bond acceptors (Lipinski definition) is 2. The highest BCUT2D eigenvalue weighted by Crippen LogP contribution is 2.43. The van der Waals surface area contributed by atoms with E-state index in [1.807, 2.05) is 0 Å². The molecule has 1 aromatic rings. The van der Waals surface area contributed by atoms with Crippen molar-refractivity contribution in [2.45, 2.75) is 135 Å². The van der Waals surface area contributed by atoms with Crippen molar-refractivity contribution in [2.75, 3.05) is 0 Å². The summed E-state index contributed by atoms with van der Waals surface area (Å²) in [5, 5.41) is 0. The van der Waals surface area contributed by atoms with Crippen LogP contribution in [-0.4, -0.2) is 5.97 Å². The summed E-state index contributed by atoms with van der Waals surface area (Å²) in [4.78, 5) is 12.9. The third-order valence-corrected chi connectivity index (χ3v) is 10.1. The van der Waals surface area contributed by atoms with Crippen molar-refractivity contribution in [2.24, 2.45) is 29.6 Å². The second kappa shape index (κ2) is 14.1. The quantitative estimate of drug-likeness (QED) is 0.176. The average Bonchev–Trinajstić information content (AvgIpc) is 2.93. The van der Waals surface area contributed by atoms with Crippen LogP contribution in [0.4, 0.5) is 8.78 Å². The normalized spacial score (nSPS) is 30.7. The van der Waals surface area contributed by atoms with Crippen molar-refractivity contribution >= 4 is 5.97 Å². The Labute approximate surface area is 224 Å². The van der Waals surface area contributed by atoms with Crippen molar-refractivity contribution in [3.05, 3.63) is 29.3 Å². The predicted octanol–water partition coefficient (Wildman–Crippen LogP) is 10.1. The van der Waals surface area contributed by atoms with E-state index in [9.17, 15) is 13.6 Å². The van der Waals surface area contributed by atoms with Gasteiger partial charge in [-0.05, 0) is 105 Å². The molecule has 0 aromatic heterocycles. The van der Waals surface area contributed by atoms with Gasteiger partial charge in [-0.15, -0.1) is 0 Å². The lowest BCUT2D eigenvalue weighted by Gasteiger charge is -2.37. The van der Waals surface area contributed by atoms with E-state index >= 15 is 0 Å². The molecule has 0 atom stereocenters. The zero-order valence-corrected chi connectivity index (χ0v) is 23.4. The first-order valence-electron chi connectivity index (χ1n) is 15.7. The van der Waals surface area contributed by atoms with E-state index in [2.05, 4.69) is 13.8 Å². The Morgan fingerprint density at radius 2 is 1.32 bits per heavy atom. The molecule has 1 aromatic carbocycles. The molecule has 0 radical (unpaired) electrons. The summed E-state index contributed by atoms with van der Waals surface area (Å²) in [6, 6.07) is 3.13. The fraction of sp³-hybridized carbons (Fsp3) is 0.788. The van der Waals surface area contributed by atoms with Gasteiger partial charge in [0, 0.05) is 0 Å². The van der Waals surface area contributed by atoms with E-state index in [1.165, 1.54) is 70.3 Å². The van der Waals surface area contributed by atoms with E-state index in [1.54, 1.807) is 6.07 Å². The van der Waals surface area contributed by atoms with Crippen molar-refractivity contribution in [1.29, 1.82) is 0 Å². The summed E-state index contributed by atoms with van der Waals surface area (Å²) in [5.41, 5.74) is 0.452. The summed E-state index contributed by atoms with van der Waals surface area (Å²) in [6.45, 7) is 4.47. The van der Waals surface area contributed by atoms with Crippen LogP contribution in [0.1, 0.15) is 141 Å². The molecule has 4 rings (SSSR count). The number of carbonyl (C=O) groups is 1. The highest BCUT2D eigenvalue weighted by atomic mass is 19.2. The molecule has 208 valence electrons. The molecular weight excluding hydrogens is 466 g/mol. The minimum absolute atomic E-state index is 0.0639. The van der Waals surface area contributed by atoms with Crippen molar-refractivity contribution < 1.29 is 18.3 Å². The van der Waals surface area contributed by atoms with E-state index in [0.717, 1.165) is 69.1 Å². The molecule has 0 heterocycles. The zero-order valence-electron chi connectivity index (χ0n) is 23.4. The van der Waals surface area contributed by atoms with Crippen LogP contribution in [0.2, 0.25) is 0 Å². The van der Waals surface area contributed by atoms with Crippen LogP contribution in [0, 0.1) is 41.2 Å². The molecule has 0 N–H and O–H groups in total. The molecule has 0 aliphatic heterocycles. The number of rotatable bonds is 10. The van der Waals surface area contributed by atoms with E-state index in [4.69, 9.17) is 4.74 Å². The number of ether oxygens (including phenoxy) is 1. The predicted molar refractivity (Wildman–Crippen MR) is 147 cm³/mol. The van der Waals surface area contributed by atoms with Gasteiger partial charge >= 0.3 is 5.97 Å². The van der Waals surface area contributed by atoms with Crippen LogP contribution in [0.5, 0.6) is 5.75 Å². The largest absolute Gasteiger partial charge is 0.423 e. The van der Waals surface area contributed by atoms with Crippen LogP contribution in [-0.2, 0) is 4.79 Å². The lowest BCUT2D eigenvalue weighted by molar-refractivity contribution is -0.140. The van der Waals surface area contributed by atoms with Gasteiger partial charge in [0.2, 0.25) is 5.82 Å². The Kier molecular flexibility index (Phi) is 10.9. The van der Waals surface area contributed by atoms with Gasteiger partial charge in [-0.1, -0.05) is 71.3 Å². The second-order valence-corrected chi connectivity index (χ2v) is 12.6. The number of hydrogen-bond donors (Lipinski definition) is 0. The van der Waals surface area contributed by atoms with Crippen molar-refractivity contribution in [3.8, 4) is 5.75 Å². The van der Waals surface area contributed by atoms with Gasteiger partial charge in [0.1, 0.15) is 0 Å². The minimum Gasteiger partial charge on any atom is -0.423 e.